The lowest BCUT2D eigenvalue weighted by molar-refractivity contribution is 0.168. The molecule has 1 aromatic carbocycles. The van der Waals surface area contributed by atoms with Crippen LogP contribution >= 0.6 is 0 Å². The lowest BCUT2D eigenvalue weighted by Gasteiger charge is -2.10. The van der Waals surface area contributed by atoms with Gasteiger partial charge in [0.2, 0.25) is 0 Å². The number of carbonyl (C=O) groups is 1. The van der Waals surface area contributed by atoms with Crippen molar-refractivity contribution in [2.75, 3.05) is 30.1 Å². The van der Waals surface area contributed by atoms with E-state index in [1.54, 1.807) is 26.2 Å². The van der Waals surface area contributed by atoms with Crippen LogP contribution in [0.1, 0.15) is 12.5 Å². The molecule has 2 rings (SSSR count). The second kappa shape index (κ2) is 7.88. The van der Waals surface area contributed by atoms with Gasteiger partial charge < -0.3 is 20.5 Å². The van der Waals surface area contributed by atoms with E-state index in [0.717, 1.165) is 11.3 Å². The first-order chi connectivity index (χ1) is 11.1. The summed E-state index contributed by atoms with van der Waals surface area (Å²) in [7, 11) is 1.63. The summed E-state index contributed by atoms with van der Waals surface area (Å²) in [5.74, 6) is 1.65. The topological polar surface area (TPSA) is 98.5 Å². The molecule has 0 aliphatic heterocycles. The molecule has 0 aliphatic carbocycles. The Morgan fingerprint density at radius 1 is 1.22 bits per heavy atom. The standard InChI is InChI=1S/C16H20N4O3/c1-3-23-16(21)19-13-8-9-14(20-15(13)17)18-10-11-4-6-12(22-2)7-5-11/h4-9H,3,10H2,1-2H3,(H,19,21)(H3,17,18,20). The Hall–Kier alpha value is -2.96. The number of hydrogen-bond acceptors (Lipinski definition) is 6. The van der Waals surface area contributed by atoms with E-state index in [1.165, 1.54) is 0 Å². The fourth-order valence-electron chi connectivity index (χ4n) is 1.89. The zero-order valence-corrected chi connectivity index (χ0v) is 13.1. The molecule has 0 unspecified atom stereocenters. The van der Waals surface area contributed by atoms with E-state index in [0.29, 0.717) is 24.7 Å². The van der Waals surface area contributed by atoms with E-state index in [9.17, 15) is 4.79 Å². The van der Waals surface area contributed by atoms with Crippen LogP contribution in [0, 0.1) is 0 Å². The first-order valence-electron chi connectivity index (χ1n) is 7.19. The summed E-state index contributed by atoms with van der Waals surface area (Å²) in [5, 5.41) is 5.70. The molecule has 1 aromatic heterocycles. The molecule has 1 amide bonds. The third-order valence-electron chi connectivity index (χ3n) is 3.07. The van der Waals surface area contributed by atoms with Gasteiger partial charge in [-0.05, 0) is 36.8 Å². The number of carbonyl (C=O) groups excluding carboxylic acids is 1. The number of nitrogen functional groups attached to an aromatic ring is 1. The number of aromatic nitrogens is 1. The number of pyridine rings is 1. The zero-order chi connectivity index (χ0) is 16.7. The van der Waals surface area contributed by atoms with Crippen molar-refractivity contribution < 1.29 is 14.3 Å². The molecule has 0 saturated carbocycles. The van der Waals surface area contributed by atoms with Gasteiger partial charge in [0.25, 0.3) is 0 Å². The molecule has 1 heterocycles. The van der Waals surface area contributed by atoms with E-state index in [1.807, 2.05) is 24.3 Å². The van der Waals surface area contributed by atoms with Crippen LogP contribution in [0.15, 0.2) is 36.4 Å². The van der Waals surface area contributed by atoms with Crippen molar-refractivity contribution in [1.29, 1.82) is 0 Å². The van der Waals surface area contributed by atoms with Gasteiger partial charge in [-0.3, -0.25) is 5.32 Å². The molecule has 23 heavy (non-hydrogen) atoms. The number of rotatable bonds is 6. The molecule has 0 atom stereocenters. The summed E-state index contributed by atoms with van der Waals surface area (Å²) in [6.07, 6.45) is -0.556. The van der Waals surface area contributed by atoms with Crippen LogP contribution in [0.2, 0.25) is 0 Å². The molecular formula is C16H20N4O3. The second-order valence-electron chi connectivity index (χ2n) is 4.68. The molecule has 0 aliphatic rings. The average Bonchev–Trinajstić information content (AvgIpc) is 2.56. The number of nitrogens with zero attached hydrogens (tertiary/aromatic N) is 1. The van der Waals surface area contributed by atoms with E-state index < -0.39 is 6.09 Å². The van der Waals surface area contributed by atoms with E-state index in [2.05, 4.69) is 15.6 Å². The van der Waals surface area contributed by atoms with Gasteiger partial charge in [-0.15, -0.1) is 0 Å². The molecule has 122 valence electrons. The lowest BCUT2D eigenvalue weighted by Crippen LogP contribution is -2.15. The van der Waals surface area contributed by atoms with Crippen LogP contribution in [-0.2, 0) is 11.3 Å². The van der Waals surface area contributed by atoms with Gasteiger partial charge in [-0.25, -0.2) is 9.78 Å². The third kappa shape index (κ3) is 4.77. The Morgan fingerprint density at radius 3 is 2.57 bits per heavy atom. The average molecular weight is 316 g/mol. The van der Waals surface area contributed by atoms with E-state index in [4.69, 9.17) is 15.2 Å². The number of hydrogen-bond donors (Lipinski definition) is 3. The highest BCUT2D eigenvalue weighted by molar-refractivity contribution is 5.88. The van der Waals surface area contributed by atoms with E-state index in [-0.39, 0.29) is 5.82 Å². The highest BCUT2D eigenvalue weighted by atomic mass is 16.5. The molecule has 4 N–H and O–H groups in total. The minimum absolute atomic E-state index is 0.220. The molecule has 0 bridgehead atoms. The lowest BCUT2D eigenvalue weighted by atomic mass is 10.2. The largest absolute Gasteiger partial charge is 0.497 e. The normalized spacial score (nSPS) is 10.0. The predicted molar refractivity (Wildman–Crippen MR) is 89.6 cm³/mol. The maximum atomic E-state index is 11.4. The van der Waals surface area contributed by atoms with Crippen LogP contribution in [0.5, 0.6) is 5.75 Å². The van der Waals surface area contributed by atoms with Crippen LogP contribution in [0.4, 0.5) is 22.1 Å². The Labute approximate surface area is 134 Å². The smallest absolute Gasteiger partial charge is 0.411 e. The van der Waals surface area contributed by atoms with Gasteiger partial charge in [0.15, 0.2) is 0 Å². The van der Waals surface area contributed by atoms with Gasteiger partial charge in [0.05, 0.1) is 19.4 Å². The number of anilines is 3. The van der Waals surface area contributed by atoms with Crippen LogP contribution < -0.4 is 21.1 Å². The van der Waals surface area contributed by atoms with Crippen molar-refractivity contribution in [3.63, 3.8) is 0 Å². The number of amides is 1. The fraction of sp³-hybridized carbons (Fsp3) is 0.250. The first kappa shape index (κ1) is 16.4. The van der Waals surface area contributed by atoms with Gasteiger partial charge in [0, 0.05) is 6.54 Å². The summed E-state index contributed by atoms with van der Waals surface area (Å²) in [5.41, 5.74) is 7.33. The molecule has 0 fully saturated rings. The van der Waals surface area contributed by atoms with Crippen molar-refractivity contribution in [2.45, 2.75) is 13.5 Å². The minimum Gasteiger partial charge on any atom is -0.497 e. The molecule has 2 aromatic rings. The Bertz CT molecular complexity index is 659. The van der Waals surface area contributed by atoms with Crippen LogP contribution in [0.3, 0.4) is 0 Å². The highest BCUT2D eigenvalue weighted by Crippen LogP contribution is 2.19. The summed E-state index contributed by atoms with van der Waals surface area (Å²) in [4.78, 5) is 15.6. The number of benzene rings is 1. The minimum atomic E-state index is -0.556. The number of nitrogens with one attached hydrogen (secondary N) is 2. The summed E-state index contributed by atoms with van der Waals surface area (Å²) in [6.45, 7) is 2.62. The van der Waals surface area contributed by atoms with Crippen LogP contribution in [-0.4, -0.2) is 24.8 Å². The van der Waals surface area contributed by atoms with Crippen molar-refractivity contribution in [1.82, 2.24) is 4.98 Å². The van der Waals surface area contributed by atoms with E-state index >= 15 is 0 Å². The summed E-state index contributed by atoms with van der Waals surface area (Å²) >= 11 is 0. The number of ether oxygens (including phenoxy) is 2. The molecule has 0 spiro atoms. The Morgan fingerprint density at radius 2 is 1.96 bits per heavy atom. The molecular weight excluding hydrogens is 296 g/mol. The van der Waals surface area contributed by atoms with Crippen molar-refractivity contribution in [3.8, 4) is 5.75 Å². The zero-order valence-electron chi connectivity index (χ0n) is 13.1. The number of methoxy groups -OCH3 is 1. The van der Waals surface area contributed by atoms with Gasteiger partial charge in [-0.1, -0.05) is 12.1 Å². The van der Waals surface area contributed by atoms with Gasteiger partial charge >= 0.3 is 6.09 Å². The highest BCUT2D eigenvalue weighted by Gasteiger charge is 2.07. The molecule has 7 heteroatoms. The quantitative estimate of drug-likeness (QED) is 0.758. The monoisotopic (exact) mass is 316 g/mol. The van der Waals surface area contributed by atoms with Crippen molar-refractivity contribution >= 4 is 23.4 Å². The Balaban J connectivity index is 1.95. The van der Waals surface area contributed by atoms with Gasteiger partial charge in [-0.2, -0.15) is 0 Å². The molecule has 7 nitrogen and oxygen atoms in total. The SMILES string of the molecule is CCOC(=O)Nc1ccc(NCc2ccc(OC)cc2)nc1N. The molecule has 0 saturated heterocycles. The summed E-state index contributed by atoms with van der Waals surface area (Å²) < 4.78 is 9.91. The third-order valence-corrected chi connectivity index (χ3v) is 3.07. The summed E-state index contributed by atoms with van der Waals surface area (Å²) in [6, 6.07) is 11.1. The van der Waals surface area contributed by atoms with Crippen LogP contribution in [0.25, 0.3) is 0 Å². The predicted octanol–water partition coefficient (Wildman–Crippen LogP) is 2.85. The van der Waals surface area contributed by atoms with Crippen molar-refractivity contribution in [2.24, 2.45) is 0 Å². The van der Waals surface area contributed by atoms with Crippen molar-refractivity contribution in [3.05, 3.63) is 42.0 Å². The first-order valence-corrected chi connectivity index (χ1v) is 7.19. The van der Waals surface area contributed by atoms with Gasteiger partial charge in [0.1, 0.15) is 17.4 Å². The number of nitrogens with two attached hydrogens (primary N) is 1. The maximum absolute atomic E-state index is 11.4. The second-order valence-corrected chi connectivity index (χ2v) is 4.68. The fourth-order valence-corrected chi connectivity index (χ4v) is 1.89. The maximum Gasteiger partial charge on any atom is 0.411 e. The molecule has 0 radical (unpaired) electrons. The Kier molecular flexibility index (Phi) is 5.62.